The average Bonchev–Trinajstić information content (AvgIpc) is 1.41. The second-order valence-corrected chi connectivity index (χ2v) is 21.0. The van der Waals surface area contributed by atoms with Gasteiger partial charge in [-0.15, -0.1) is 0 Å². The fourth-order valence-electron chi connectivity index (χ4n) is 8.54. The van der Waals surface area contributed by atoms with E-state index in [4.69, 9.17) is 0 Å². The summed E-state index contributed by atoms with van der Waals surface area (Å²) in [5.74, 6) is 0.827. The normalized spacial score (nSPS) is 9.43. The van der Waals surface area contributed by atoms with Crippen LogP contribution in [0.15, 0.2) is 171 Å². The van der Waals surface area contributed by atoms with Crippen molar-refractivity contribution in [3.8, 4) is 0 Å². The molecule has 4 aromatic carbocycles. The van der Waals surface area contributed by atoms with Crippen LogP contribution in [0.1, 0.15) is 176 Å². The highest BCUT2D eigenvalue weighted by molar-refractivity contribution is 5.81. The van der Waals surface area contributed by atoms with E-state index in [2.05, 4.69) is 140 Å². The second-order valence-electron chi connectivity index (χ2n) is 21.0. The molecule has 0 aliphatic rings. The molecule has 10 heterocycles. The Bertz CT molecular complexity index is 3510. The van der Waals surface area contributed by atoms with Crippen LogP contribution in [-0.2, 0) is 0 Å². The molecule has 0 aliphatic heterocycles. The standard InChI is InChI=1S/7C10H10N2.7C2H6/c1-7-3-5-9-6-4-8(2)12-10(9)11-7;1-7-5-10-9(11-6-7)4-3-8(2)12-10;1-7-3-4-9-6-11-8(2)5-10(9)12-7;1-7-3-4-9-6-11-8(2)12-10(9)5-7;1-7-3-4-10-9(5-7)6-8(2)11-12-10;2*1-7-3-4-9-10(5-7)12-8(2)6-11-9;7*1-2/h7*3-6H,1-2H3;7*1-2H3. The van der Waals surface area contributed by atoms with Gasteiger partial charge in [0.15, 0.2) is 5.65 Å². The molecule has 14 rings (SSSR count). The molecule has 10 aromatic heterocycles. The maximum atomic E-state index is 4.40. The van der Waals surface area contributed by atoms with Crippen molar-refractivity contribution in [2.45, 2.75) is 194 Å². The van der Waals surface area contributed by atoms with E-state index in [9.17, 15) is 0 Å². The zero-order valence-corrected chi connectivity index (χ0v) is 64.4. The van der Waals surface area contributed by atoms with Crippen LogP contribution in [-0.4, -0.2) is 70.0 Å². The highest BCUT2D eigenvalue weighted by Gasteiger charge is 2.02. The predicted molar refractivity (Wildman–Crippen MR) is 423 cm³/mol. The first-order valence-corrected chi connectivity index (χ1v) is 34.7. The van der Waals surface area contributed by atoms with Crippen LogP contribution in [0.5, 0.6) is 0 Å². The lowest BCUT2D eigenvalue weighted by atomic mass is 10.1. The van der Waals surface area contributed by atoms with Crippen LogP contribution < -0.4 is 0 Å². The molecule has 0 aliphatic carbocycles. The van der Waals surface area contributed by atoms with E-state index in [-0.39, 0.29) is 0 Å². The van der Waals surface area contributed by atoms with Crippen molar-refractivity contribution in [2.75, 3.05) is 0 Å². The van der Waals surface area contributed by atoms with Gasteiger partial charge in [-0.2, -0.15) is 10.2 Å². The molecule has 98 heavy (non-hydrogen) atoms. The van der Waals surface area contributed by atoms with E-state index in [0.29, 0.717) is 0 Å². The second kappa shape index (κ2) is 47.8. The fraction of sp³-hybridized carbons (Fsp3) is 0.333. The Hall–Kier alpha value is -10.1. The summed E-state index contributed by atoms with van der Waals surface area (Å²) in [7, 11) is 0. The number of aromatic nitrogens is 14. The Balaban J connectivity index is 0.000000554. The highest BCUT2D eigenvalue weighted by Crippen LogP contribution is 2.17. The van der Waals surface area contributed by atoms with E-state index >= 15 is 0 Å². The summed E-state index contributed by atoms with van der Waals surface area (Å²) in [5, 5.41) is 12.5. The van der Waals surface area contributed by atoms with Crippen LogP contribution in [0.4, 0.5) is 0 Å². The van der Waals surface area contributed by atoms with Gasteiger partial charge in [-0.25, -0.2) is 29.9 Å². The molecule has 518 valence electrons. The smallest absolute Gasteiger partial charge is 0.159 e. The summed E-state index contributed by atoms with van der Waals surface area (Å²) < 4.78 is 0. The number of fused-ring (bicyclic) bond motifs is 7. The van der Waals surface area contributed by atoms with Crippen LogP contribution in [0, 0.1) is 96.9 Å². The van der Waals surface area contributed by atoms with Crippen molar-refractivity contribution in [1.29, 1.82) is 0 Å². The third kappa shape index (κ3) is 29.9. The minimum atomic E-state index is 0.827. The molecule has 14 heteroatoms. The molecular weight excluding hydrogens is 1210 g/mol. The van der Waals surface area contributed by atoms with Crippen molar-refractivity contribution in [2.24, 2.45) is 0 Å². The van der Waals surface area contributed by atoms with Crippen molar-refractivity contribution >= 4 is 76.8 Å². The summed E-state index contributed by atoms with van der Waals surface area (Å²) in [6.45, 7) is 56.0. The first-order chi connectivity index (χ1) is 47.3. The molecule has 0 N–H and O–H groups in total. The molecule has 0 saturated carbocycles. The number of rotatable bonds is 0. The summed E-state index contributed by atoms with van der Waals surface area (Å²) in [6, 6.07) is 46.8. The number of nitrogens with zero attached hydrogens (tertiary/aromatic N) is 14. The van der Waals surface area contributed by atoms with Gasteiger partial charge in [-0.1, -0.05) is 133 Å². The fourth-order valence-corrected chi connectivity index (χ4v) is 8.54. The van der Waals surface area contributed by atoms with Crippen LogP contribution in [0.25, 0.3) is 76.8 Å². The van der Waals surface area contributed by atoms with Gasteiger partial charge in [-0.05, 0) is 228 Å². The topological polar surface area (TPSA) is 180 Å². The van der Waals surface area contributed by atoms with E-state index < -0.39 is 0 Å². The molecule has 14 nitrogen and oxygen atoms in total. The third-order valence-electron chi connectivity index (χ3n) is 12.9. The number of pyridine rings is 6. The Morgan fingerprint density at radius 2 is 0.531 bits per heavy atom. The van der Waals surface area contributed by atoms with Gasteiger partial charge in [0, 0.05) is 81.0 Å². The van der Waals surface area contributed by atoms with Gasteiger partial charge in [0.25, 0.3) is 0 Å². The first kappa shape index (κ1) is 85.9. The number of hydrogen-bond acceptors (Lipinski definition) is 14. The molecule has 0 saturated heterocycles. The van der Waals surface area contributed by atoms with Crippen LogP contribution >= 0.6 is 0 Å². The molecule has 14 aromatic rings. The summed E-state index contributed by atoms with van der Waals surface area (Å²) in [4.78, 5) is 51.6. The highest BCUT2D eigenvalue weighted by atomic mass is 15.1. The molecule has 0 radical (unpaired) electrons. The van der Waals surface area contributed by atoms with Crippen LogP contribution in [0.2, 0.25) is 0 Å². The molecule has 0 spiro atoms. The van der Waals surface area contributed by atoms with E-state index in [1.807, 2.05) is 282 Å². The maximum absolute atomic E-state index is 4.40. The lowest BCUT2D eigenvalue weighted by Gasteiger charge is -1.98. The van der Waals surface area contributed by atoms with Crippen molar-refractivity contribution < 1.29 is 0 Å². The number of hydrogen-bond donors (Lipinski definition) is 0. The van der Waals surface area contributed by atoms with E-state index in [0.717, 1.165) is 128 Å². The van der Waals surface area contributed by atoms with E-state index in [1.165, 1.54) is 27.6 Å². The van der Waals surface area contributed by atoms with Crippen molar-refractivity contribution in [3.05, 3.63) is 250 Å². The third-order valence-corrected chi connectivity index (χ3v) is 12.9. The molecule has 0 amide bonds. The van der Waals surface area contributed by atoms with Gasteiger partial charge in [-0.3, -0.25) is 29.9 Å². The number of aryl methyl sites for hydroxylation is 14. The molecular formula is C84H112N14. The minimum absolute atomic E-state index is 0.827. The van der Waals surface area contributed by atoms with Crippen molar-refractivity contribution in [3.63, 3.8) is 0 Å². The molecule has 0 unspecified atom stereocenters. The zero-order chi connectivity index (χ0) is 73.9. The average molecular weight is 1320 g/mol. The van der Waals surface area contributed by atoms with Gasteiger partial charge >= 0.3 is 0 Å². The Kier molecular flexibility index (Phi) is 41.9. The summed E-state index contributed by atoms with van der Waals surface area (Å²) in [6.07, 6.45) is 9.16. The predicted octanol–water partition coefficient (Wildman–Crippen LogP) is 22.9. The van der Waals surface area contributed by atoms with Gasteiger partial charge in [0.1, 0.15) is 5.82 Å². The lowest BCUT2D eigenvalue weighted by Crippen LogP contribution is -1.88. The quantitative estimate of drug-likeness (QED) is 0.140. The Morgan fingerprint density at radius 3 is 1.03 bits per heavy atom. The minimum Gasteiger partial charge on any atom is -0.261 e. The Morgan fingerprint density at radius 1 is 0.184 bits per heavy atom. The van der Waals surface area contributed by atoms with Crippen LogP contribution in [0.3, 0.4) is 0 Å². The lowest BCUT2D eigenvalue weighted by molar-refractivity contribution is 1.02. The SMILES string of the molecule is CC.CC.CC.CC.CC.CC.CC.Cc1cc2nc(C)ccc2cn1.Cc1ccc2ccc(C)nc2n1.Cc1ccc2cnc(C)nc2c1.Cc1ccc2ncc(C)nc2c1.Cc1ccc2ncc(C)nc2c1.Cc1ccc2nnc(C)cc2c1.Cc1cnc2ccc(C)nc2c1. The van der Waals surface area contributed by atoms with E-state index in [1.54, 1.807) is 12.4 Å². The largest absolute Gasteiger partial charge is 0.261 e. The zero-order valence-electron chi connectivity index (χ0n) is 64.4. The first-order valence-electron chi connectivity index (χ1n) is 34.7. The molecule has 0 bridgehead atoms. The van der Waals surface area contributed by atoms with Gasteiger partial charge in [0.2, 0.25) is 0 Å². The Labute approximate surface area is 587 Å². The molecule has 0 fully saturated rings. The van der Waals surface area contributed by atoms with Gasteiger partial charge < -0.3 is 0 Å². The van der Waals surface area contributed by atoms with Crippen molar-refractivity contribution in [1.82, 2.24) is 70.0 Å². The molecule has 0 atom stereocenters. The monoisotopic (exact) mass is 1320 g/mol. The van der Waals surface area contributed by atoms with Gasteiger partial charge in [0.05, 0.1) is 66.7 Å². The number of benzene rings is 4. The summed E-state index contributed by atoms with van der Waals surface area (Å²) in [5.41, 5.74) is 23.8. The maximum Gasteiger partial charge on any atom is 0.159 e. The summed E-state index contributed by atoms with van der Waals surface area (Å²) >= 11 is 0.